The molecule has 1 amide bonds. The zero-order chi connectivity index (χ0) is 17.2. The Morgan fingerprint density at radius 2 is 1.79 bits per heavy atom. The molecule has 3 rings (SSSR count). The molecule has 122 valence electrons. The molecule has 1 N–H and O–H groups in total. The first kappa shape index (κ1) is 15.8. The molecular formula is C17H11F3N2O2. The molecule has 7 heteroatoms. The molecule has 0 saturated heterocycles. The maximum absolute atomic E-state index is 12.2. The minimum atomic E-state index is -4.76. The van der Waals surface area contributed by atoms with Crippen LogP contribution in [-0.4, -0.2) is 17.3 Å². The van der Waals surface area contributed by atoms with Gasteiger partial charge in [-0.25, -0.2) is 0 Å². The van der Waals surface area contributed by atoms with E-state index in [2.05, 4.69) is 15.0 Å². The van der Waals surface area contributed by atoms with E-state index >= 15 is 0 Å². The predicted molar refractivity (Wildman–Crippen MR) is 82.8 cm³/mol. The third-order valence-electron chi connectivity index (χ3n) is 3.21. The van der Waals surface area contributed by atoms with Crippen LogP contribution in [0.1, 0.15) is 10.4 Å². The number of rotatable bonds is 3. The fourth-order valence-corrected chi connectivity index (χ4v) is 2.16. The van der Waals surface area contributed by atoms with Crippen LogP contribution in [0.3, 0.4) is 0 Å². The van der Waals surface area contributed by atoms with E-state index in [0.717, 1.165) is 23.0 Å². The molecule has 0 aliphatic carbocycles. The minimum absolute atomic E-state index is 0.218. The number of amides is 1. The number of halogens is 3. The standard InChI is InChI=1S/C17H11F3N2O2/c18-17(19,20)24-14-6-3-11(4-7-14)16(23)22-13-5-8-15-12(10-13)2-1-9-21-15/h1-10H,(H,22,23). The van der Waals surface area contributed by atoms with Gasteiger partial charge in [-0.05, 0) is 48.5 Å². The number of anilines is 1. The molecule has 3 aromatic rings. The van der Waals surface area contributed by atoms with Gasteiger partial charge in [-0.1, -0.05) is 6.07 Å². The molecule has 0 aliphatic rings. The topological polar surface area (TPSA) is 51.2 Å². The van der Waals surface area contributed by atoms with Gasteiger partial charge in [-0.2, -0.15) is 0 Å². The van der Waals surface area contributed by atoms with Gasteiger partial charge in [0.15, 0.2) is 0 Å². The number of pyridine rings is 1. The highest BCUT2D eigenvalue weighted by atomic mass is 19.4. The highest BCUT2D eigenvalue weighted by Gasteiger charge is 2.31. The molecule has 0 spiro atoms. The fourth-order valence-electron chi connectivity index (χ4n) is 2.16. The quantitative estimate of drug-likeness (QED) is 0.774. The molecule has 0 fully saturated rings. The lowest BCUT2D eigenvalue weighted by Crippen LogP contribution is -2.17. The predicted octanol–water partition coefficient (Wildman–Crippen LogP) is 4.39. The van der Waals surface area contributed by atoms with E-state index in [9.17, 15) is 18.0 Å². The second-order valence-electron chi connectivity index (χ2n) is 4.94. The highest BCUT2D eigenvalue weighted by molar-refractivity contribution is 6.05. The SMILES string of the molecule is O=C(Nc1ccc2ncccc2c1)c1ccc(OC(F)(F)F)cc1. The lowest BCUT2D eigenvalue weighted by molar-refractivity contribution is -0.274. The summed E-state index contributed by atoms with van der Waals surface area (Å²) in [4.78, 5) is 16.3. The Hall–Kier alpha value is -3.09. The van der Waals surface area contributed by atoms with Crippen molar-refractivity contribution in [3.8, 4) is 5.75 Å². The highest BCUT2D eigenvalue weighted by Crippen LogP contribution is 2.23. The van der Waals surface area contributed by atoms with Gasteiger partial charge in [0.2, 0.25) is 0 Å². The van der Waals surface area contributed by atoms with Crippen LogP contribution in [0, 0.1) is 0 Å². The molecule has 0 bridgehead atoms. The molecule has 24 heavy (non-hydrogen) atoms. The van der Waals surface area contributed by atoms with E-state index in [1.54, 1.807) is 30.5 Å². The third-order valence-corrected chi connectivity index (χ3v) is 3.21. The van der Waals surface area contributed by atoms with Crippen molar-refractivity contribution in [1.82, 2.24) is 4.98 Å². The normalized spacial score (nSPS) is 11.3. The maximum atomic E-state index is 12.2. The average Bonchev–Trinajstić information content (AvgIpc) is 2.54. The van der Waals surface area contributed by atoms with Gasteiger partial charge in [0.25, 0.3) is 5.91 Å². The van der Waals surface area contributed by atoms with Crippen LogP contribution in [0.4, 0.5) is 18.9 Å². The van der Waals surface area contributed by atoms with Crippen LogP contribution >= 0.6 is 0 Å². The first-order chi connectivity index (χ1) is 11.4. The molecular weight excluding hydrogens is 321 g/mol. The van der Waals surface area contributed by atoms with Crippen LogP contribution in [0.25, 0.3) is 10.9 Å². The summed E-state index contributed by atoms with van der Waals surface area (Å²) in [5, 5.41) is 3.55. The first-order valence-corrected chi connectivity index (χ1v) is 6.93. The molecule has 0 radical (unpaired) electrons. The van der Waals surface area contributed by atoms with E-state index in [1.807, 2.05) is 6.07 Å². The molecule has 0 saturated carbocycles. The summed E-state index contributed by atoms with van der Waals surface area (Å²) in [5.74, 6) is -0.812. The molecule has 1 aromatic heterocycles. The Kier molecular flexibility index (Phi) is 4.07. The van der Waals surface area contributed by atoms with Gasteiger partial charge in [0, 0.05) is 22.8 Å². The summed E-state index contributed by atoms with van der Waals surface area (Å²) in [6.07, 6.45) is -3.09. The first-order valence-electron chi connectivity index (χ1n) is 6.93. The Morgan fingerprint density at radius 1 is 1.04 bits per heavy atom. The number of ether oxygens (including phenoxy) is 1. The van der Waals surface area contributed by atoms with Gasteiger partial charge >= 0.3 is 6.36 Å². The summed E-state index contributed by atoms with van der Waals surface area (Å²) >= 11 is 0. The molecule has 0 atom stereocenters. The third kappa shape index (κ3) is 3.81. The second-order valence-corrected chi connectivity index (χ2v) is 4.94. The monoisotopic (exact) mass is 332 g/mol. The lowest BCUT2D eigenvalue weighted by Gasteiger charge is -2.10. The van der Waals surface area contributed by atoms with Gasteiger partial charge in [-0.15, -0.1) is 13.2 Å². The Bertz CT molecular complexity index is 877. The zero-order valence-electron chi connectivity index (χ0n) is 12.2. The molecule has 2 aromatic carbocycles. The van der Waals surface area contributed by atoms with Crippen LogP contribution in [0.2, 0.25) is 0 Å². The molecule has 1 heterocycles. The fraction of sp³-hybridized carbons (Fsp3) is 0.0588. The van der Waals surface area contributed by atoms with Crippen LogP contribution in [0.15, 0.2) is 60.8 Å². The molecule has 0 aliphatic heterocycles. The Morgan fingerprint density at radius 3 is 2.50 bits per heavy atom. The largest absolute Gasteiger partial charge is 0.573 e. The Balaban J connectivity index is 1.73. The summed E-state index contributed by atoms with van der Waals surface area (Å²) in [7, 11) is 0. The summed E-state index contributed by atoms with van der Waals surface area (Å²) in [5.41, 5.74) is 1.58. The van der Waals surface area contributed by atoms with Crippen molar-refractivity contribution in [3.63, 3.8) is 0 Å². The minimum Gasteiger partial charge on any atom is -0.406 e. The number of nitrogens with zero attached hydrogens (tertiary/aromatic N) is 1. The van der Waals surface area contributed by atoms with Crippen molar-refractivity contribution >= 4 is 22.5 Å². The van der Waals surface area contributed by atoms with Crippen LogP contribution in [0.5, 0.6) is 5.75 Å². The van der Waals surface area contributed by atoms with Crippen molar-refractivity contribution in [2.75, 3.05) is 5.32 Å². The number of alkyl halides is 3. The molecule has 0 unspecified atom stereocenters. The summed E-state index contributed by atoms with van der Waals surface area (Å²) in [6, 6.07) is 13.6. The van der Waals surface area contributed by atoms with Crippen molar-refractivity contribution in [2.45, 2.75) is 6.36 Å². The smallest absolute Gasteiger partial charge is 0.406 e. The van der Waals surface area contributed by atoms with Gasteiger partial charge in [0.05, 0.1) is 5.52 Å². The molecule has 4 nitrogen and oxygen atoms in total. The van der Waals surface area contributed by atoms with Crippen molar-refractivity contribution in [2.24, 2.45) is 0 Å². The lowest BCUT2D eigenvalue weighted by atomic mass is 10.1. The number of aromatic nitrogens is 1. The van der Waals surface area contributed by atoms with E-state index in [1.165, 1.54) is 12.1 Å². The van der Waals surface area contributed by atoms with Gasteiger partial charge in [0.1, 0.15) is 5.75 Å². The second kappa shape index (κ2) is 6.19. The van der Waals surface area contributed by atoms with Crippen LogP contribution < -0.4 is 10.1 Å². The number of benzene rings is 2. The van der Waals surface area contributed by atoms with Crippen molar-refractivity contribution in [1.29, 1.82) is 0 Å². The van der Waals surface area contributed by atoms with Crippen molar-refractivity contribution in [3.05, 3.63) is 66.4 Å². The summed E-state index contributed by atoms with van der Waals surface area (Å²) < 4.78 is 40.1. The number of nitrogens with one attached hydrogen (secondary N) is 1. The van der Waals surface area contributed by atoms with Gasteiger partial charge in [-0.3, -0.25) is 9.78 Å². The van der Waals surface area contributed by atoms with Gasteiger partial charge < -0.3 is 10.1 Å². The van der Waals surface area contributed by atoms with Crippen LogP contribution in [-0.2, 0) is 0 Å². The Labute approximate surface area is 134 Å². The number of fused-ring (bicyclic) bond motifs is 1. The van der Waals surface area contributed by atoms with E-state index in [-0.39, 0.29) is 11.3 Å². The number of hydrogen-bond donors (Lipinski definition) is 1. The number of carbonyl (C=O) groups is 1. The van der Waals surface area contributed by atoms with E-state index in [4.69, 9.17) is 0 Å². The zero-order valence-corrected chi connectivity index (χ0v) is 12.2. The number of carbonyl (C=O) groups excluding carboxylic acids is 1. The summed E-state index contributed by atoms with van der Waals surface area (Å²) in [6.45, 7) is 0. The van der Waals surface area contributed by atoms with E-state index < -0.39 is 12.3 Å². The maximum Gasteiger partial charge on any atom is 0.573 e. The van der Waals surface area contributed by atoms with E-state index in [0.29, 0.717) is 5.69 Å². The number of hydrogen-bond acceptors (Lipinski definition) is 3. The average molecular weight is 332 g/mol. The van der Waals surface area contributed by atoms with Crippen molar-refractivity contribution < 1.29 is 22.7 Å².